The Labute approximate surface area is 121 Å². The van der Waals surface area contributed by atoms with E-state index in [1.165, 1.54) is 20.3 Å². The molecular weight excluding hydrogens is 315 g/mol. The second-order valence-electron chi connectivity index (χ2n) is 4.73. The van der Waals surface area contributed by atoms with Crippen molar-refractivity contribution in [3.63, 3.8) is 0 Å². The van der Waals surface area contributed by atoms with Crippen LogP contribution >= 0.6 is 15.9 Å². The first-order valence-electron chi connectivity index (χ1n) is 6.25. The fourth-order valence-electron chi connectivity index (χ4n) is 2.35. The van der Waals surface area contributed by atoms with Gasteiger partial charge in [-0.15, -0.1) is 0 Å². The highest BCUT2D eigenvalue weighted by Gasteiger charge is 2.33. The van der Waals surface area contributed by atoms with Crippen LogP contribution in [0.15, 0.2) is 12.1 Å². The minimum Gasteiger partial charge on any atom is -0.493 e. The molecule has 2 rings (SSSR count). The van der Waals surface area contributed by atoms with E-state index in [1.807, 2.05) is 0 Å². The van der Waals surface area contributed by atoms with Crippen LogP contribution in [0.3, 0.4) is 0 Å². The second-order valence-corrected chi connectivity index (χ2v) is 5.72. The molecule has 1 aromatic carbocycles. The molecule has 0 N–H and O–H groups in total. The summed E-state index contributed by atoms with van der Waals surface area (Å²) in [7, 11) is 3.03. The van der Waals surface area contributed by atoms with Crippen molar-refractivity contribution in [3.8, 4) is 11.5 Å². The van der Waals surface area contributed by atoms with Crippen LogP contribution in [0.25, 0.3) is 0 Å². The van der Waals surface area contributed by atoms with E-state index in [0.717, 1.165) is 13.0 Å². The smallest absolute Gasteiger partial charge is 0.163 e. The minimum atomic E-state index is -0.317. The summed E-state index contributed by atoms with van der Waals surface area (Å²) in [5, 5.41) is 0. The molecule has 1 fully saturated rings. The average molecular weight is 333 g/mol. The van der Waals surface area contributed by atoms with Crippen molar-refractivity contribution >= 4 is 15.9 Å². The third-order valence-corrected chi connectivity index (χ3v) is 4.55. The average Bonchev–Trinajstić information content (AvgIpc) is 2.83. The molecule has 3 nitrogen and oxygen atoms in total. The first-order valence-corrected chi connectivity index (χ1v) is 7.17. The normalized spacial score (nSPS) is 24.3. The summed E-state index contributed by atoms with van der Waals surface area (Å²) >= 11 is 3.55. The van der Waals surface area contributed by atoms with Gasteiger partial charge in [0.05, 0.1) is 25.2 Å². The zero-order chi connectivity index (χ0) is 14.0. The van der Waals surface area contributed by atoms with Crippen molar-refractivity contribution in [3.05, 3.63) is 23.5 Å². The molecular formula is C14H18BrFO3. The van der Waals surface area contributed by atoms with Crippen LogP contribution in [0.1, 0.15) is 23.7 Å². The van der Waals surface area contributed by atoms with Crippen LogP contribution in [-0.4, -0.2) is 26.9 Å². The Kier molecular flexibility index (Phi) is 4.68. The first kappa shape index (κ1) is 14.6. The summed E-state index contributed by atoms with van der Waals surface area (Å²) < 4.78 is 30.1. The van der Waals surface area contributed by atoms with E-state index in [2.05, 4.69) is 22.9 Å². The van der Waals surface area contributed by atoms with Crippen LogP contribution in [0, 0.1) is 11.7 Å². The molecule has 0 aliphatic carbocycles. The summed E-state index contributed by atoms with van der Waals surface area (Å²) in [6.07, 6.45) is 0.981. The Hall–Kier alpha value is -0.810. The highest BCUT2D eigenvalue weighted by Crippen LogP contribution is 2.41. The molecule has 0 spiro atoms. The van der Waals surface area contributed by atoms with Gasteiger partial charge in [-0.25, -0.2) is 4.39 Å². The van der Waals surface area contributed by atoms with Gasteiger partial charge in [0.25, 0.3) is 0 Å². The van der Waals surface area contributed by atoms with Gasteiger partial charge in [-0.3, -0.25) is 0 Å². The van der Waals surface area contributed by atoms with Crippen LogP contribution in [0.4, 0.5) is 4.39 Å². The van der Waals surface area contributed by atoms with Crippen LogP contribution in [0.5, 0.6) is 11.5 Å². The maximum atomic E-state index is 14.2. The zero-order valence-corrected chi connectivity index (χ0v) is 12.9. The molecule has 1 saturated heterocycles. The predicted octanol–water partition coefficient (Wildman–Crippen LogP) is 3.70. The molecule has 106 valence electrons. The molecule has 0 bridgehead atoms. The fourth-order valence-corrected chi connectivity index (χ4v) is 3.37. The maximum Gasteiger partial charge on any atom is 0.163 e. The number of rotatable bonds is 4. The van der Waals surface area contributed by atoms with Gasteiger partial charge < -0.3 is 14.2 Å². The van der Waals surface area contributed by atoms with Gasteiger partial charge >= 0.3 is 0 Å². The number of methoxy groups -OCH3 is 2. The molecule has 19 heavy (non-hydrogen) atoms. The van der Waals surface area contributed by atoms with E-state index in [-0.39, 0.29) is 16.7 Å². The van der Waals surface area contributed by atoms with Crippen LogP contribution < -0.4 is 9.47 Å². The Balaban J connectivity index is 2.33. The van der Waals surface area contributed by atoms with E-state index >= 15 is 0 Å². The SMILES string of the molecule is COc1cc(F)c(C(Br)C2OCCC2C)cc1OC. The van der Waals surface area contributed by atoms with Gasteiger partial charge in [-0.1, -0.05) is 22.9 Å². The van der Waals surface area contributed by atoms with Crippen LogP contribution in [0.2, 0.25) is 0 Å². The van der Waals surface area contributed by atoms with Gasteiger partial charge in [-0.2, -0.15) is 0 Å². The van der Waals surface area contributed by atoms with Crippen molar-refractivity contribution in [2.75, 3.05) is 20.8 Å². The third kappa shape index (κ3) is 2.87. The Morgan fingerprint density at radius 1 is 1.32 bits per heavy atom. The molecule has 0 aromatic heterocycles. The number of alkyl halides is 1. The Morgan fingerprint density at radius 3 is 2.47 bits per heavy atom. The molecule has 3 unspecified atom stereocenters. The quantitative estimate of drug-likeness (QED) is 0.787. The third-order valence-electron chi connectivity index (χ3n) is 3.53. The zero-order valence-electron chi connectivity index (χ0n) is 11.3. The number of benzene rings is 1. The highest BCUT2D eigenvalue weighted by molar-refractivity contribution is 9.09. The number of halogens is 2. The molecule has 1 aromatic rings. The Bertz CT molecular complexity index is 453. The fraction of sp³-hybridized carbons (Fsp3) is 0.571. The molecule has 0 saturated carbocycles. The lowest BCUT2D eigenvalue weighted by atomic mass is 9.97. The van der Waals surface area contributed by atoms with Crippen molar-refractivity contribution in [2.24, 2.45) is 5.92 Å². The standard InChI is InChI=1S/C14H18BrFO3/c1-8-4-5-19-14(8)13(15)9-6-11(17-2)12(18-3)7-10(9)16/h6-8,13-14H,4-5H2,1-3H3. The van der Waals surface area contributed by atoms with Crippen molar-refractivity contribution < 1.29 is 18.6 Å². The Morgan fingerprint density at radius 2 is 1.95 bits per heavy atom. The summed E-state index contributed by atoms with van der Waals surface area (Å²) in [4.78, 5) is -0.190. The van der Waals surface area contributed by atoms with E-state index in [1.54, 1.807) is 6.07 Å². The highest BCUT2D eigenvalue weighted by atomic mass is 79.9. The van der Waals surface area contributed by atoms with Crippen molar-refractivity contribution in [2.45, 2.75) is 24.3 Å². The van der Waals surface area contributed by atoms with E-state index in [4.69, 9.17) is 14.2 Å². The number of hydrogen-bond acceptors (Lipinski definition) is 3. The first-order chi connectivity index (χ1) is 9.08. The lowest BCUT2D eigenvalue weighted by Crippen LogP contribution is -2.20. The lowest BCUT2D eigenvalue weighted by molar-refractivity contribution is 0.0927. The monoisotopic (exact) mass is 332 g/mol. The molecule has 0 amide bonds. The molecule has 1 aliphatic rings. The van der Waals surface area contributed by atoms with Gasteiger partial charge in [0, 0.05) is 18.2 Å². The summed E-state index contributed by atoms with van der Waals surface area (Å²) in [6, 6.07) is 3.02. The van der Waals surface area contributed by atoms with E-state index in [0.29, 0.717) is 23.0 Å². The molecule has 1 aliphatic heterocycles. The summed E-state index contributed by atoms with van der Waals surface area (Å²) in [6.45, 7) is 2.84. The summed E-state index contributed by atoms with van der Waals surface area (Å²) in [5.74, 6) is 0.997. The van der Waals surface area contributed by atoms with Gasteiger partial charge in [0.2, 0.25) is 0 Å². The molecule has 1 heterocycles. The van der Waals surface area contributed by atoms with E-state index in [9.17, 15) is 4.39 Å². The van der Waals surface area contributed by atoms with Crippen molar-refractivity contribution in [1.29, 1.82) is 0 Å². The maximum absolute atomic E-state index is 14.2. The van der Waals surface area contributed by atoms with E-state index < -0.39 is 0 Å². The van der Waals surface area contributed by atoms with Crippen LogP contribution in [-0.2, 0) is 4.74 Å². The van der Waals surface area contributed by atoms with Gasteiger partial charge in [0.15, 0.2) is 11.5 Å². The molecule has 0 radical (unpaired) electrons. The topological polar surface area (TPSA) is 27.7 Å². The number of hydrogen-bond donors (Lipinski definition) is 0. The van der Waals surface area contributed by atoms with Gasteiger partial charge in [-0.05, 0) is 18.4 Å². The largest absolute Gasteiger partial charge is 0.493 e. The molecule has 3 atom stereocenters. The number of ether oxygens (including phenoxy) is 3. The minimum absolute atomic E-state index is 0.0207. The predicted molar refractivity (Wildman–Crippen MR) is 74.7 cm³/mol. The summed E-state index contributed by atoms with van der Waals surface area (Å²) in [5.41, 5.74) is 0.538. The second kappa shape index (κ2) is 6.09. The lowest BCUT2D eigenvalue weighted by Gasteiger charge is -2.22. The van der Waals surface area contributed by atoms with Crippen molar-refractivity contribution in [1.82, 2.24) is 0 Å². The van der Waals surface area contributed by atoms with Gasteiger partial charge in [0.1, 0.15) is 5.82 Å². The molecule has 5 heteroatoms.